The number of aromatic nitrogens is 3. The van der Waals surface area contributed by atoms with Crippen molar-refractivity contribution >= 4 is 17.5 Å². The lowest BCUT2D eigenvalue weighted by Gasteiger charge is -2.19. The van der Waals surface area contributed by atoms with Crippen LogP contribution in [0.5, 0.6) is 5.75 Å². The highest BCUT2D eigenvalue weighted by molar-refractivity contribution is 6.28. The Balaban J connectivity index is 2.49. The number of halogens is 1. The van der Waals surface area contributed by atoms with Crippen LogP contribution in [0.25, 0.3) is 11.4 Å². The van der Waals surface area contributed by atoms with Gasteiger partial charge in [-0.1, -0.05) is 12.1 Å². The molecule has 1 heterocycles. The van der Waals surface area contributed by atoms with Gasteiger partial charge in [0, 0.05) is 13.1 Å². The molecule has 0 amide bonds. The summed E-state index contributed by atoms with van der Waals surface area (Å²) < 4.78 is 5.63. The van der Waals surface area contributed by atoms with Crippen LogP contribution in [-0.4, -0.2) is 34.6 Å². The Bertz CT molecular complexity index is 602. The zero-order valence-corrected chi connectivity index (χ0v) is 13.3. The third-order valence-electron chi connectivity index (χ3n) is 3.07. The average molecular weight is 307 g/mol. The molecule has 0 unspecified atom stereocenters. The van der Waals surface area contributed by atoms with Crippen LogP contribution < -0.4 is 9.64 Å². The summed E-state index contributed by atoms with van der Waals surface area (Å²) in [4.78, 5) is 15.0. The molecule has 0 aliphatic heterocycles. The molecule has 0 aliphatic carbocycles. The first-order valence-corrected chi connectivity index (χ1v) is 7.46. The van der Waals surface area contributed by atoms with Gasteiger partial charge in [0.1, 0.15) is 5.75 Å². The van der Waals surface area contributed by atoms with Gasteiger partial charge in [-0.05, 0) is 44.5 Å². The molecular formula is C15H19ClN4O. The van der Waals surface area contributed by atoms with E-state index in [9.17, 15) is 0 Å². The van der Waals surface area contributed by atoms with E-state index in [1.165, 1.54) is 0 Å². The topological polar surface area (TPSA) is 51.1 Å². The molecule has 0 spiro atoms. The van der Waals surface area contributed by atoms with Crippen LogP contribution in [0.15, 0.2) is 24.3 Å². The van der Waals surface area contributed by atoms with Gasteiger partial charge in [0.2, 0.25) is 11.2 Å². The second-order valence-electron chi connectivity index (χ2n) is 4.33. The molecule has 0 saturated carbocycles. The van der Waals surface area contributed by atoms with Gasteiger partial charge in [-0.25, -0.2) is 0 Å². The normalized spacial score (nSPS) is 10.5. The van der Waals surface area contributed by atoms with Gasteiger partial charge in [0.05, 0.1) is 12.2 Å². The van der Waals surface area contributed by atoms with Gasteiger partial charge in [0.25, 0.3) is 0 Å². The van der Waals surface area contributed by atoms with Crippen molar-refractivity contribution in [2.24, 2.45) is 0 Å². The molecule has 6 heteroatoms. The largest absolute Gasteiger partial charge is 0.493 e. The molecule has 0 atom stereocenters. The molecule has 0 aliphatic rings. The third kappa shape index (κ3) is 3.61. The SMILES string of the molecule is CCOc1ccccc1-c1nc(Cl)nc(N(CC)CC)n1. The lowest BCUT2D eigenvalue weighted by molar-refractivity contribution is 0.341. The van der Waals surface area contributed by atoms with Crippen molar-refractivity contribution in [3.63, 3.8) is 0 Å². The first kappa shape index (κ1) is 15.5. The minimum absolute atomic E-state index is 0.188. The lowest BCUT2D eigenvalue weighted by Crippen LogP contribution is -2.24. The van der Waals surface area contributed by atoms with E-state index in [4.69, 9.17) is 16.3 Å². The van der Waals surface area contributed by atoms with Gasteiger partial charge in [-0.3, -0.25) is 0 Å². The minimum atomic E-state index is 0.188. The molecule has 5 nitrogen and oxygen atoms in total. The first-order valence-electron chi connectivity index (χ1n) is 7.08. The van der Waals surface area contributed by atoms with Crippen LogP contribution in [0.4, 0.5) is 5.95 Å². The predicted molar refractivity (Wildman–Crippen MR) is 85.0 cm³/mol. The number of rotatable bonds is 6. The minimum Gasteiger partial charge on any atom is -0.493 e. The maximum atomic E-state index is 6.06. The molecule has 0 saturated heterocycles. The standard InChI is InChI=1S/C15H19ClN4O/c1-4-20(5-2)15-18-13(17-14(16)19-15)11-9-7-8-10-12(11)21-6-3/h7-10H,4-6H2,1-3H3. The molecule has 2 rings (SSSR count). The maximum absolute atomic E-state index is 6.06. The van der Waals surface area contributed by atoms with Crippen molar-refractivity contribution in [2.75, 3.05) is 24.6 Å². The summed E-state index contributed by atoms with van der Waals surface area (Å²) in [7, 11) is 0. The zero-order valence-electron chi connectivity index (χ0n) is 12.5. The van der Waals surface area contributed by atoms with E-state index in [0.717, 1.165) is 24.4 Å². The number of hydrogen-bond acceptors (Lipinski definition) is 5. The molecule has 0 N–H and O–H groups in total. The van der Waals surface area contributed by atoms with Crippen LogP contribution in [0.2, 0.25) is 5.28 Å². The molecule has 1 aromatic heterocycles. The molecule has 21 heavy (non-hydrogen) atoms. The lowest BCUT2D eigenvalue weighted by atomic mass is 10.2. The first-order chi connectivity index (χ1) is 10.2. The highest BCUT2D eigenvalue weighted by Gasteiger charge is 2.14. The summed E-state index contributed by atoms with van der Waals surface area (Å²) in [6, 6.07) is 7.66. The number of para-hydroxylation sites is 1. The Morgan fingerprint density at radius 2 is 1.76 bits per heavy atom. The van der Waals surface area contributed by atoms with Crippen LogP contribution in [-0.2, 0) is 0 Å². The summed E-state index contributed by atoms with van der Waals surface area (Å²) in [5, 5.41) is 0.188. The Hall–Kier alpha value is -1.88. The summed E-state index contributed by atoms with van der Waals surface area (Å²) in [6.45, 7) is 8.24. The smallest absolute Gasteiger partial charge is 0.230 e. The predicted octanol–water partition coefficient (Wildman–Crippen LogP) is 3.44. The van der Waals surface area contributed by atoms with Crippen LogP contribution in [0.1, 0.15) is 20.8 Å². The van der Waals surface area contributed by atoms with Crippen molar-refractivity contribution in [1.29, 1.82) is 0 Å². The molecular weight excluding hydrogens is 288 g/mol. The second kappa shape index (κ2) is 7.22. The Labute approximate surface area is 130 Å². The molecule has 2 aromatic rings. The van der Waals surface area contributed by atoms with Crippen molar-refractivity contribution in [2.45, 2.75) is 20.8 Å². The van der Waals surface area contributed by atoms with Crippen molar-refractivity contribution in [3.8, 4) is 17.1 Å². The highest BCUT2D eigenvalue weighted by Crippen LogP contribution is 2.28. The zero-order chi connectivity index (χ0) is 15.2. The summed E-state index contributed by atoms with van der Waals surface area (Å²) in [5.41, 5.74) is 0.817. The summed E-state index contributed by atoms with van der Waals surface area (Å²) in [5.74, 6) is 1.86. The molecule has 0 bridgehead atoms. The van der Waals surface area contributed by atoms with E-state index in [1.54, 1.807) is 0 Å². The van der Waals surface area contributed by atoms with E-state index in [1.807, 2.05) is 36.1 Å². The maximum Gasteiger partial charge on any atom is 0.230 e. The van der Waals surface area contributed by atoms with Crippen molar-refractivity contribution < 1.29 is 4.74 Å². The number of anilines is 1. The fraction of sp³-hybridized carbons (Fsp3) is 0.400. The van der Waals surface area contributed by atoms with E-state index in [0.29, 0.717) is 18.4 Å². The van der Waals surface area contributed by atoms with E-state index >= 15 is 0 Å². The number of ether oxygens (including phenoxy) is 1. The van der Waals surface area contributed by atoms with Gasteiger partial charge in [0.15, 0.2) is 5.82 Å². The summed E-state index contributed by atoms with van der Waals surface area (Å²) >= 11 is 6.06. The number of nitrogens with zero attached hydrogens (tertiary/aromatic N) is 4. The number of hydrogen-bond donors (Lipinski definition) is 0. The Kier molecular flexibility index (Phi) is 5.33. The van der Waals surface area contributed by atoms with Crippen LogP contribution in [0, 0.1) is 0 Å². The monoisotopic (exact) mass is 306 g/mol. The average Bonchev–Trinajstić information content (AvgIpc) is 2.49. The Morgan fingerprint density at radius 1 is 1.05 bits per heavy atom. The van der Waals surface area contributed by atoms with Gasteiger partial charge < -0.3 is 9.64 Å². The second-order valence-corrected chi connectivity index (χ2v) is 4.67. The molecule has 0 fully saturated rings. The van der Waals surface area contributed by atoms with Crippen LogP contribution >= 0.6 is 11.6 Å². The van der Waals surface area contributed by atoms with Gasteiger partial charge >= 0.3 is 0 Å². The van der Waals surface area contributed by atoms with Crippen molar-refractivity contribution in [3.05, 3.63) is 29.5 Å². The van der Waals surface area contributed by atoms with Crippen LogP contribution in [0.3, 0.4) is 0 Å². The van der Waals surface area contributed by atoms with E-state index in [-0.39, 0.29) is 5.28 Å². The quantitative estimate of drug-likeness (QED) is 0.818. The van der Waals surface area contributed by atoms with E-state index < -0.39 is 0 Å². The summed E-state index contributed by atoms with van der Waals surface area (Å²) in [6.07, 6.45) is 0. The van der Waals surface area contributed by atoms with Gasteiger partial charge in [-0.2, -0.15) is 15.0 Å². The number of benzene rings is 1. The molecule has 0 radical (unpaired) electrons. The third-order valence-corrected chi connectivity index (χ3v) is 3.24. The van der Waals surface area contributed by atoms with Gasteiger partial charge in [-0.15, -0.1) is 0 Å². The fourth-order valence-electron chi connectivity index (χ4n) is 2.04. The Morgan fingerprint density at radius 3 is 2.43 bits per heavy atom. The fourth-order valence-corrected chi connectivity index (χ4v) is 2.20. The highest BCUT2D eigenvalue weighted by atomic mass is 35.5. The van der Waals surface area contributed by atoms with Crippen molar-refractivity contribution in [1.82, 2.24) is 15.0 Å². The van der Waals surface area contributed by atoms with E-state index in [2.05, 4.69) is 28.8 Å². The molecule has 112 valence electrons. The molecule has 1 aromatic carbocycles.